The molecule has 1 fully saturated rings. The second-order valence-corrected chi connectivity index (χ2v) is 9.60. The number of methoxy groups -OCH3 is 1. The van der Waals surface area contributed by atoms with Crippen molar-refractivity contribution in [1.82, 2.24) is 15.1 Å². The number of nitrogens with zero attached hydrogens (tertiary/aromatic N) is 2. The van der Waals surface area contributed by atoms with Gasteiger partial charge in [-0.2, -0.15) is 0 Å². The van der Waals surface area contributed by atoms with Crippen molar-refractivity contribution in [3.63, 3.8) is 0 Å². The van der Waals surface area contributed by atoms with Crippen LogP contribution < -0.4 is 10.1 Å². The van der Waals surface area contributed by atoms with Crippen LogP contribution in [0.1, 0.15) is 17.5 Å². The van der Waals surface area contributed by atoms with E-state index < -0.39 is 0 Å². The monoisotopic (exact) mass is 499 g/mol. The molecular formula is C26H34BrN3O2. The number of nitrogens with one attached hydrogen (secondary N) is 1. The molecule has 0 saturated carbocycles. The molecule has 4 rings (SSSR count). The first-order chi connectivity index (χ1) is 15.7. The number of benzene rings is 2. The third-order valence-corrected chi connectivity index (χ3v) is 6.99. The minimum Gasteiger partial charge on any atom is -0.491 e. The zero-order valence-electron chi connectivity index (χ0n) is 18.9. The summed E-state index contributed by atoms with van der Waals surface area (Å²) in [6.45, 7) is 7.45. The Kier molecular flexibility index (Phi) is 8.62. The van der Waals surface area contributed by atoms with Crippen molar-refractivity contribution in [2.24, 2.45) is 5.92 Å². The quantitative estimate of drug-likeness (QED) is 0.493. The lowest BCUT2D eigenvalue weighted by atomic mass is 9.98. The van der Waals surface area contributed by atoms with E-state index in [-0.39, 0.29) is 0 Å². The highest BCUT2D eigenvalue weighted by atomic mass is 79.9. The second-order valence-electron chi connectivity index (χ2n) is 8.75. The van der Waals surface area contributed by atoms with E-state index >= 15 is 0 Å². The van der Waals surface area contributed by atoms with E-state index in [4.69, 9.17) is 9.47 Å². The lowest BCUT2D eigenvalue weighted by Crippen LogP contribution is -2.41. The fourth-order valence-corrected chi connectivity index (χ4v) is 4.90. The van der Waals surface area contributed by atoms with Gasteiger partial charge in [0.2, 0.25) is 0 Å². The third kappa shape index (κ3) is 6.82. The summed E-state index contributed by atoms with van der Waals surface area (Å²) in [5.41, 5.74) is 4.07. The van der Waals surface area contributed by atoms with Gasteiger partial charge in [0.1, 0.15) is 12.4 Å². The Balaban J connectivity index is 1.23. The molecule has 2 aromatic carbocycles. The highest BCUT2D eigenvalue weighted by Gasteiger charge is 2.24. The van der Waals surface area contributed by atoms with Crippen LogP contribution in [0.3, 0.4) is 0 Å². The summed E-state index contributed by atoms with van der Waals surface area (Å²) in [5, 5.41) is 3.63. The van der Waals surface area contributed by atoms with Gasteiger partial charge in [0.05, 0.1) is 13.3 Å². The Labute approximate surface area is 200 Å². The predicted molar refractivity (Wildman–Crippen MR) is 133 cm³/mol. The standard InChI is InChI=1S/C26H34BrN3O2/c1-31-13-14-32-25-7-8-26(27)23(16-25)15-22-9-11-29(18-22)19-24-10-12-30(20-28-24)17-21-5-3-2-4-6-21/h2-8,10,16,22,28H,9,11-15,17-20H2,1H3. The maximum absolute atomic E-state index is 5.80. The van der Waals surface area contributed by atoms with Crippen LogP contribution in [-0.4, -0.2) is 63.0 Å². The molecule has 2 aliphatic heterocycles. The molecule has 1 atom stereocenters. The highest BCUT2D eigenvalue weighted by molar-refractivity contribution is 9.10. The summed E-state index contributed by atoms with van der Waals surface area (Å²) in [6.07, 6.45) is 4.68. The molecule has 1 unspecified atom stereocenters. The first kappa shape index (κ1) is 23.3. The molecule has 0 amide bonds. The van der Waals surface area contributed by atoms with Crippen LogP contribution in [0.2, 0.25) is 0 Å². The van der Waals surface area contributed by atoms with E-state index in [9.17, 15) is 0 Å². The topological polar surface area (TPSA) is 37.0 Å². The van der Waals surface area contributed by atoms with Gasteiger partial charge < -0.3 is 14.8 Å². The highest BCUT2D eigenvalue weighted by Crippen LogP contribution is 2.28. The smallest absolute Gasteiger partial charge is 0.119 e. The number of ether oxygens (including phenoxy) is 2. The van der Waals surface area contributed by atoms with Crippen molar-refractivity contribution in [3.8, 4) is 5.75 Å². The van der Waals surface area contributed by atoms with Gasteiger partial charge in [-0.05, 0) is 54.6 Å². The molecule has 1 saturated heterocycles. The molecule has 0 radical (unpaired) electrons. The molecule has 0 aromatic heterocycles. The van der Waals surface area contributed by atoms with Gasteiger partial charge in [-0.3, -0.25) is 9.80 Å². The van der Waals surface area contributed by atoms with Gasteiger partial charge in [0.25, 0.3) is 0 Å². The number of halogens is 1. The van der Waals surface area contributed by atoms with Crippen LogP contribution in [0.15, 0.2) is 64.8 Å². The van der Waals surface area contributed by atoms with E-state index in [1.54, 1.807) is 7.11 Å². The Morgan fingerprint density at radius 3 is 2.72 bits per heavy atom. The van der Waals surface area contributed by atoms with Crippen molar-refractivity contribution >= 4 is 15.9 Å². The second kappa shape index (κ2) is 11.8. The largest absolute Gasteiger partial charge is 0.491 e. The molecule has 0 aliphatic carbocycles. The molecule has 0 spiro atoms. The molecular weight excluding hydrogens is 466 g/mol. The number of hydrogen-bond donors (Lipinski definition) is 1. The molecule has 5 nitrogen and oxygen atoms in total. The number of rotatable bonds is 10. The van der Waals surface area contributed by atoms with Gasteiger partial charge in [-0.25, -0.2) is 0 Å². The van der Waals surface area contributed by atoms with E-state index in [1.807, 2.05) is 6.07 Å². The Morgan fingerprint density at radius 1 is 1.06 bits per heavy atom. The van der Waals surface area contributed by atoms with E-state index in [1.165, 1.54) is 34.3 Å². The average Bonchev–Trinajstić information content (AvgIpc) is 3.25. The Morgan fingerprint density at radius 2 is 1.94 bits per heavy atom. The fourth-order valence-electron chi connectivity index (χ4n) is 4.49. The maximum Gasteiger partial charge on any atom is 0.119 e. The van der Waals surface area contributed by atoms with Gasteiger partial charge in [-0.1, -0.05) is 52.3 Å². The van der Waals surface area contributed by atoms with Crippen molar-refractivity contribution in [1.29, 1.82) is 0 Å². The molecule has 0 bridgehead atoms. The maximum atomic E-state index is 5.80. The normalized spacial score (nSPS) is 19.6. The van der Waals surface area contributed by atoms with Crippen LogP contribution in [0.25, 0.3) is 0 Å². The van der Waals surface area contributed by atoms with Crippen molar-refractivity contribution in [2.45, 2.75) is 19.4 Å². The summed E-state index contributed by atoms with van der Waals surface area (Å²) >= 11 is 3.73. The minimum atomic E-state index is 0.583. The van der Waals surface area contributed by atoms with Crippen molar-refractivity contribution < 1.29 is 9.47 Å². The Bertz CT molecular complexity index is 890. The number of likely N-dealkylation sites (tertiary alicyclic amines) is 1. The van der Waals surface area contributed by atoms with Crippen LogP contribution in [0.5, 0.6) is 5.75 Å². The molecule has 172 valence electrons. The van der Waals surface area contributed by atoms with Gasteiger partial charge in [0, 0.05) is 43.5 Å². The van der Waals surface area contributed by atoms with Crippen molar-refractivity contribution in [3.05, 3.63) is 75.9 Å². The zero-order chi connectivity index (χ0) is 22.2. The van der Waals surface area contributed by atoms with Crippen LogP contribution >= 0.6 is 15.9 Å². The van der Waals surface area contributed by atoms with Gasteiger partial charge >= 0.3 is 0 Å². The molecule has 1 N–H and O–H groups in total. The number of hydrogen-bond acceptors (Lipinski definition) is 5. The first-order valence-corrected chi connectivity index (χ1v) is 12.3. The van der Waals surface area contributed by atoms with E-state index in [0.717, 1.165) is 45.0 Å². The van der Waals surface area contributed by atoms with E-state index in [0.29, 0.717) is 19.1 Å². The Hall–Kier alpha value is -1.86. The van der Waals surface area contributed by atoms with Gasteiger partial charge in [0.15, 0.2) is 0 Å². The summed E-state index contributed by atoms with van der Waals surface area (Å²) in [6, 6.07) is 17.0. The lowest BCUT2D eigenvalue weighted by molar-refractivity contribution is 0.146. The molecule has 2 aromatic rings. The van der Waals surface area contributed by atoms with Crippen LogP contribution in [-0.2, 0) is 17.7 Å². The SMILES string of the molecule is COCCOc1ccc(Br)c(CC2CCN(CC3=CCN(Cc4ccccc4)CN3)C2)c1. The lowest BCUT2D eigenvalue weighted by Gasteiger charge is -2.29. The summed E-state index contributed by atoms with van der Waals surface area (Å²) in [7, 11) is 1.70. The molecule has 6 heteroatoms. The molecule has 2 aliphatic rings. The average molecular weight is 500 g/mol. The zero-order valence-corrected chi connectivity index (χ0v) is 20.5. The summed E-state index contributed by atoms with van der Waals surface area (Å²) in [5.74, 6) is 1.60. The summed E-state index contributed by atoms with van der Waals surface area (Å²) < 4.78 is 12.0. The van der Waals surface area contributed by atoms with Crippen LogP contribution in [0, 0.1) is 5.92 Å². The van der Waals surface area contributed by atoms with E-state index in [2.05, 4.69) is 79.6 Å². The predicted octanol–water partition coefficient (Wildman–Crippen LogP) is 4.29. The fraction of sp³-hybridized carbons (Fsp3) is 0.462. The van der Waals surface area contributed by atoms with Gasteiger partial charge in [-0.15, -0.1) is 0 Å². The summed E-state index contributed by atoms with van der Waals surface area (Å²) in [4.78, 5) is 5.02. The molecule has 32 heavy (non-hydrogen) atoms. The van der Waals surface area contributed by atoms with Crippen molar-refractivity contribution in [2.75, 3.05) is 53.2 Å². The molecule has 2 heterocycles. The minimum absolute atomic E-state index is 0.583. The third-order valence-electron chi connectivity index (χ3n) is 6.22. The first-order valence-electron chi connectivity index (χ1n) is 11.5. The van der Waals surface area contributed by atoms with Crippen LogP contribution in [0.4, 0.5) is 0 Å².